The fourth-order valence-electron chi connectivity index (χ4n) is 2.29. The zero-order chi connectivity index (χ0) is 13.5. The van der Waals surface area contributed by atoms with E-state index in [2.05, 4.69) is 10.6 Å². The summed E-state index contributed by atoms with van der Waals surface area (Å²) in [5.41, 5.74) is 1.01. The number of hydrogen-bond acceptors (Lipinski definition) is 3. The second-order valence-corrected chi connectivity index (χ2v) is 4.85. The van der Waals surface area contributed by atoms with Crippen LogP contribution in [0.15, 0.2) is 24.3 Å². The summed E-state index contributed by atoms with van der Waals surface area (Å²) in [5, 5.41) is 6.35. The van der Waals surface area contributed by atoms with Crippen LogP contribution >= 0.6 is 0 Å². The molecule has 19 heavy (non-hydrogen) atoms. The third-order valence-corrected chi connectivity index (χ3v) is 3.31. The lowest BCUT2D eigenvalue weighted by molar-refractivity contribution is -0.120. The van der Waals surface area contributed by atoms with Crippen molar-refractivity contribution in [1.82, 2.24) is 10.6 Å². The first kappa shape index (κ1) is 13.9. The smallest absolute Gasteiger partial charge is 0.224 e. The Kier molecular flexibility index (Phi) is 5.21. The number of amides is 1. The molecular weight excluding hydrogens is 240 g/mol. The molecule has 1 amide bonds. The van der Waals surface area contributed by atoms with E-state index in [1.807, 2.05) is 31.2 Å². The first-order chi connectivity index (χ1) is 9.28. The summed E-state index contributed by atoms with van der Waals surface area (Å²) in [6.45, 7) is 4.42. The minimum Gasteiger partial charge on any atom is -0.494 e. The van der Waals surface area contributed by atoms with Crippen LogP contribution in [-0.4, -0.2) is 31.6 Å². The second kappa shape index (κ2) is 7.14. The molecule has 4 nitrogen and oxygen atoms in total. The van der Waals surface area contributed by atoms with E-state index in [0.29, 0.717) is 19.1 Å². The molecular formula is C15H22N2O2. The highest BCUT2D eigenvalue weighted by Crippen LogP contribution is 2.12. The van der Waals surface area contributed by atoms with Gasteiger partial charge in [0.05, 0.1) is 13.0 Å². The molecule has 0 saturated carbocycles. The third-order valence-electron chi connectivity index (χ3n) is 3.31. The Morgan fingerprint density at radius 1 is 1.42 bits per heavy atom. The van der Waals surface area contributed by atoms with E-state index in [-0.39, 0.29) is 5.91 Å². The maximum absolute atomic E-state index is 11.8. The van der Waals surface area contributed by atoms with Gasteiger partial charge in [-0.05, 0) is 44.0 Å². The number of hydrogen-bond donors (Lipinski definition) is 2. The number of carbonyl (C=O) groups is 1. The fourth-order valence-corrected chi connectivity index (χ4v) is 2.29. The van der Waals surface area contributed by atoms with Crippen LogP contribution in [0.25, 0.3) is 0 Å². The summed E-state index contributed by atoms with van der Waals surface area (Å²) in [4.78, 5) is 11.8. The average molecular weight is 262 g/mol. The van der Waals surface area contributed by atoms with Gasteiger partial charge in [-0.1, -0.05) is 12.1 Å². The van der Waals surface area contributed by atoms with Crippen molar-refractivity contribution in [1.29, 1.82) is 0 Å². The molecule has 2 rings (SSSR count). The van der Waals surface area contributed by atoms with Gasteiger partial charge < -0.3 is 15.4 Å². The molecule has 1 aromatic carbocycles. The van der Waals surface area contributed by atoms with Crippen LogP contribution in [0.1, 0.15) is 25.3 Å². The topological polar surface area (TPSA) is 50.4 Å². The van der Waals surface area contributed by atoms with E-state index < -0.39 is 0 Å². The molecule has 0 bridgehead atoms. The highest BCUT2D eigenvalue weighted by atomic mass is 16.5. The van der Waals surface area contributed by atoms with Gasteiger partial charge in [-0.15, -0.1) is 0 Å². The summed E-state index contributed by atoms with van der Waals surface area (Å²) in [5.74, 6) is 0.930. The predicted octanol–water partition coefficient (Wildman–Crippen LogP) is 1.50. The van der Waals surface area contributed by atoms with Crippen molar-refractivity contribution in [3.8, 4) is 5.75 Å². The first-order valence-corrected chi connectivity index (χ1v) is 6.99. The number of ether oxygens (including phenoxy) is 1. The van der Waals surface area contributed by atoms with E-state index in [9.17, 15) is 4.79 Å². The summed E-state index contributed by atoms with van der Waals surface area (Å²) >= 11 is 0. The molecule has 0 radical (unpaired) electrons. The van der Waals surface area contributed by atoms with Crippen LogP contribution < -0.4 is 15.4 Å². The minimum atomic E-state index is 0.0814. The Morgan fingerprint density at radius 2 is 2.21 bits per heavy atom. The number of carbonyl (C=O) groups excluding carboxylic acids is 1. The summed E-state index contributed by atoms with van der Waals surface area (Å²) in [7, 11) is 0. The molecule has 1 aliphatic rings. The summed E-state index contributed by atoms with van der Waals surface area (Å²) in [6, 6.07) is 8.15. The number of nitrogens with one attached hydrogen (secondary N) is 2. The average Bonchev–Trinajstić information content (AvgIpc) is 2.92. The third kappa shape index (κ3) is 4.56. The van der Waals surface area contributed by atoms with Gasteiger partial charge in [0.2, 0.25) is 5.91 Å². The van der Waals surface area contributed by atoms with Gasteiger partial charge in [-0.3, -0.25) is 4.79 Å². The van der Waals surface area contributed by atoms with Gasteiger partial charge >= 0.3 is 0 Å². The largest absolute Gasteiger partial charge is 0.494 e. The first-order valence-electron chi connectivity index (χ1n) is 6.99. The molecule has 104 valence electrons. The number of rotatable bonds is 6. The molecule has 4 heteroatoms. The van der Waals surface area contributed by atoms with Gasteiger partial charge in [0.15, 0.2) is 0 Å². The van der Waals surface area contributed by atoms with Crippen molar-refractivity contribution in [2.24, 2.45) is 0 Å². The van der Waals surface area contributed by atoms with Gasteiger partial charge in [0.25, 0.3) is 0 Å². The van der Waals surface area contributed by atoms with Gasteiger partial charge in [0, 0.05) is 12.6 Å². The van der Waals surface area contributed by atoms with Crippen LogP contribution in [0.5, 0.6) is 5.75 Å². The van der Waals surface area contributed by atoms with E-state index in [0.717, 1.165) is 30.8 Å². The van der Waals surface area contributed by atoms with Crippen molar-refractivity contribution < 1.29 is 9.53 Å². The van der Waals surface area contributed by atoms with E-state index >= 15 is 0 Å². The van der Waals surface area contributed by atoms with E-state index in [4.69, 9.17) is 4.74 Å². The van der Waals surface area contributed by atoms with Gasteiger partial charge in [-0.2, -0.15) is 0 Å². The maximum atomic E-state index is 11.8. The molecule has 0 aromatic heterocycles. The van der Waals surface area contributed by atoms with Gasteiger partial charge in [0.1, 0.15) is 5.75 Å². The summed E-state index contributed by atoms with van der Waals surface area (Å²) < 4.78 is 5.37. The molecule has 0 aliphatic carbocycles. The Labute approximate surface area is 114 Å². The maximum Gasteiger partial charge on any atom is 0.224 e. The molecule has 1 aromatic rings. The van der Waals surface area contributed by atoms with Crippen LogP contribution in [0.3, 0.4) is 0 Å². The Morgan fingerprint density at radius 3 is 2.84 bits per heavy atom. The molecule has 1 unspecified atom stereocenters. The monoisotopic (exact) mass is 262 g/mol. The normalized spacial score (nSPS) is 18.3. The lowest BCUT2D eigenvalue weighted by Gasteiger charge is -2.11. The molecule has 1 heterocycles. The van der Waals surface area contributed by atoms with Crippen LogP contribution in [0.4, 0.5) is 0 Å². The van der Waals surface area contributed by atoms with Crippen molar-refractivity contribution in [3.05, 3.63) is 29.8 Å². The molecule has 1 saturated heterocycles. The quantitative estimate of drug-likeness (QED) is 0.817. The number of benzene rings is 1. The van der Waals surface area contributed by atoms with E-state index in [1.54, 1.807) is 0 Å². The second-order valence-electron chi connectivity index (χ2n) is 4.85. The fraction of sp³-hybridized carbons (Fsp3) is 0.533. The zero-order valence-electron chi connectivity index (χ0n) is 11.4. The van der Waals surface area contributed by atoms with E-state index in [1.165, 1.54) is 6.42 Å². The van der Waals surface area contributed by atoms with Crippen molar-refractivity contribution in [3.63, 3.8) is 0 Å². The molecule has 2 N–H and O–H groups in total. The van der Waals surface area contributed by atoms with Crippen LogP contribution in [-0.2, 0) is 11.2 Å². The standard InChI is InChI=1S/C15H22N2O2/c1-2-19-14-7-5-12(6-8-14)10-15(18)17-11-13-4-3-9-16-13/h5-8,13,16H,2-4,9-11H2,1H3,(H,17,18). The Bertz CT molecular complexity index is 397. The highest BCUT2D eigenvalue weighted by Gasteiger charge is 2.14. The Balaban J connectivity index is 1.74. The minimum absolute atomic E-state index is 0.0814. The zero-order valence-corrected chi connectivity index (χ0v) is 11.4. The van der Waals surface area contributed by atoms with Crippen molar-refractivity contribution in [2.75, 3.05) is 19.7 Å². The molecule has 1 aliphatic heterocycles. The summed E-state index contributed by atoms with van der Waals surface area (Å²) in [6.07, 6.45) is 2.79. The lowest BCUT2D eigenvalue weighted by atomic mass is 10.1. The van der Waals surface area contributed by atoms with Crippen molar-refractivity contribution >= 4 is 5.91 Å². The van der Waals surface area contributed by atoms with Crippen LogP contribution in [0.2, 0.25) is 0 Å². The SMILES string of the molecule is CCOc1ccc(CC(=O)NCC2CCCN2)cc1. The van der Waals surface area contributed by atoms with Crippen LogP contribution in [0, 0.1) is 0 Å². The predicted molar refractivity (Wildman–Crippen MR) is 75.3 cm³/mol. The van der Waals surface area contributed by atoms with Crippen molar-refractivity contribution in [2.45, 2.75) is 32.2 Å². The molecule has 1 atom stereocenters. The Hall–Kier alpha value is -1.55. The molecule has 1 fully saturated rings. The van der Waals surface area contributed by atoms with Gasteiger partial charge in [-0.25, -0.2) is 0 Å². The molecule has 0 spiro atoms. The lowest BCUT2D eigenvalue weighted by Crippen LogP contribution is -2.37. The highest BCUT2D eigenvalue weighted by molar-refractivity contribution is 5.78.